The van der Waals surface area contributed by atoms with Crippen LogP contribution in [0.1, 0.15) is 5.56 Å². The largest absolute Gasteiger partial charge is 0.309 e. The number of benzene rings is 7. The molecule has 36 heavy (non-hydrogen) atoms. The normalized spacial score (nSPS) is 11.5. The SMILES string of the molecule is Cc1ccccc1N(c1cccc2ccc3ccccc3c12)c1cccc2ccc3ccccc3c12. The Bertz CT molecular complexity index is 1800. The molecule has 0 aliphatic heterocycles. The van der Waals surface area contributed by atoms with Crippen LogP contribution < -0.4 is 4.90 Å². The maximum atomic E-state index is 2.47. The van der Waals surface area contributed by atoms with Gasteiger partial charge in [-0.2, -0.15) is 0 Å². The number of aryl methyl sites for hydroxylation is 1. The third-order valence-electron chi connectivity index (χ3n) is 7.33. The van der Waals surface area contributed by atoms with Crippen LogP contribution in [0, 0.1) is 6.92 Å². The summed E-state index contributed by atoms with van der Waals surface area (Å²) in [4.78, 5) is 2.47. The van der Waals surface area contributed by atoms with E-state index < -0.39 is 0 Å². The highest BCUT2D eigenvalue weighted by atomic mass is 15.1. The molecule has 0 spiro atoms. The van der Waals surface area contributed by atoms with Crippen LogP contribution in [0.3, 0.4) is 0 Å². The van der Waals surface area contributed by atoms with Crippen molar-refractivity contribution in [3.8, 4) is 0 Å². The minimum atomic E-state index is 1.19. The van der Waals surface area contributed by atoms with E-state index in [-0.39, 0.29) is 0 Å². The predicted molar refractivity (Wildman–Crippen MR) is 156 cm³/mol. The summed E-state index contributed by atoms with van der Waals surface area (Å²) < 4.78 is 0. The van der Waals surface area contributed by atoms with Crippen molar-refractivity contribution >= 4 is 60.2 Å². The maximum Gasteiger partial charge on any atom is 0.0546 e. The molecule has 0 saturated carbocycles. The van der Waals surface area contributed by atoms with Gasteiger partial charge in [0.15, 0.2) is 0 Å². The van der Waals surface area contributed by atoms with Crippen LogP contribution in [0.2, 0.25) is 0 Å². The number of hydrogen-bond donors (Lipinski definition) is 0. The first-order valence-corrected chi connectivity index (χ1v) is 12.5. The molecule has 7 rings (SSSR count). The van der Waals surface area contributed by atoms with Crippen LogP contribution in [0.15, 0.2) is 133 Å². The van der Waals surface area contributed by atoms with Gasteiger partial charge in [-0.3, -0.25) is 0 Å². The van der Waals surface area contributed by atoms with Gasteiger partial charge in [-0.25, -0.2) is 0 Å². The summed E-state index contributed by atoms with van der Waals surface area (Å²) in [5.41, 5.74) is 4.82. The fraction of sp³-hybridized carbons (Fsp3) is 0.0286. The Kier molecular flexibility index (Phi) is 4.75. The lowest BCUT2D eigenvalue weighted by molar-refractivity contribution is 1.28. The lowest BCUT2D eigenvalue weighted by Crippen LogP contribution is -2.12. The summed E-state index contributed by atoms with van der Waals surface area (Å²) in [5.74, 6) is 0. The second-order valence-electron chi connectivity index (χ2n) is 9.45. The van der Waals surface area contributed by atoms with Gasteiger partial charge in [0.1, 0.15) is 0 Å². The van der Waals surface area contributed by atoms with E-state index >= 15 is 0 Å². The van der Waals surface area contributed by atoms with E-state index in [1.807, 2.05) is 0 Å². The van der Waals surface area contributed by atoms with Gasteiger partial charge in [-0.1, -0.05) is 115 Å². The summed E-state index contributed by atoms with van der Waals surface area (Å²) in [7, 11) is 0. The molecular formula is C35H25N. The van der Waals surface area contributed by atoms with Gasteiger partial charge in [-0.15, -0.1) is 0 Å². The minimum absolute atomic E-state index is 1.19. The molecule has 7 aromatic rings. The van der Waals surface area contributed by atoms with Crippen molar-refractivity contribution in [1.29, 1.82) is 0 Å². The fourth-order valence-corrected chi connectivity index (χ4v) is 5.66. The van der Waals surface area contributed by atoms with Crippen molar-refractivity contribution in [1.82, 2.24) is 0 Å². The van der Waals surface area contributed by atoms with E-state index in [0.29, 0.717) is 0 Å². The van der Waals surface area contributed by atoms with Crippen LogP contribution in [-0.2, 0) is 0 Å². The first kappa shape index (κ1) is 20.7. The zero-order valence-electron chi connectivity index (χ0n) is 20.1. The van der Waals surface area contributed by atoms with Crippen molar-refractivity contribution < 1.29 is 0 Å². The van der Waals surface area contributed by atoms with E-state index in [4.69, 9.17) is 0 Å². The standard InChI is InChI=1S/C35H25N/c1-24-10-2-7-17-31(24)36(32-18-8-13-27-22-20-25-11-3-5-15-29(25)34(27)32)33-19-9-14-28-23-21-26-12-4-6-16-30(26)35(28)33/h2-23H,1H3. The van der Waals surface area contributed by atoms with Crippen LogP contribution in [-0.4, -0.2) is 0 Å². The van der Waals surface area contributed by atoms with Crippen molar-refractivity contribution in [3.05, 3.63) is 139 Å². The number of hydrogen-bond acceptors (Lipinski definition) is 1. The molecule has 0 heterocycles. The van der Waals surface area contributed by atoms with Gasteiger partial charge >= 0.3 is 0 Å². The zero-order valence-corrected chi connectivity index (χ0v) is 20.1. The first-order chi connectivity index (χ1) is 17.8. The fourth-order valence-electron chi connectivity index (χ4n) is 5.66. The molecule has 0 amide bonds. The van der Waals surface area contributed by atoms with Crippen molar-refractivity contribution in [2.24, 2.45) is 0 Å². The molecule has 1 heteroatoms. The van der Waals surface area contributed by atoms with E-state index in [1.54, 1.807) is 0 Å². The van der Waals surface area contributed by atoms with Gasteiger partial charge in [0, 0.05) is 16.5 Å². The Morgan fingerprint density at radius 2 is 0.778 bits per heavy atom. The average Bonchev–Trinajstić information content (AvgIpc) is 2.94. The number of anilines is 3. The molecule has 0 aliphatic rings. The van der Waals surface area contributed by atoms with Gasteiger partial charge in [0.2, 0.25) is 0 Å². The van der Waals surface area contributed by atoms with E-state index in [2.05, 4.69) is 145 Å². The number of fused-ring (bicyclic) bond motifs is 6. The number of rotatable bonds is 3. The molecule has 7 aromatic carbocycles. The van der Waals surface area contributed by atoms with Gasteiger partial charge in [-0.05, 0) is 63.0 Å². The maximum absolute atomic E-state index is 2.47. The monoisotopic (exact) mass is 459 g/mol. The highest BCUT2D eigenvalue weighted by Crippen LogP contribution is 2.46. The second-order valence-corrected chi connectivity index (χ2v) is 9.45. The molecule has 0 radical (unpaired) electrons. The smallest absolute Gasteiger partial charge is 0.0546 e. The van der Waals surface area contributed by atoms with E-state index in [0.717, 1.165) is 0 Å². The van der Waals surface area contributed by atoms with Crippen LogP contribution in [0.5, 0.6) is 0 Å². The number of nitrogens with zero attached hydrogens (tertiary/aromatic N) is 1. The highest BCUT2D eigenvalue weighted by Gasteiger charge is 2.20. The molecule has 0 aliphatic carbocycles. The minimum Gasteiger partial charge on any atom is -0.309 e. The first-order valence-electron chi connectivity index (χ1n) is 12.5. The van der Waals surface area contributed by atoms with Crippen LogP contribution in [0.25, 0.3) is 43.1 Å². The second kappa shape index (κ2) is 8.25. The molecule has 170 valence electrons. The molecular weight excluding hydrogens is 434 g/mol. The Morgan fingerprint density at radius 1 is 0.361 bits per heavy atom. The van der Waals surface area contributed by atoms with Crippen molar-refractivity contribution in [2.75, 3.05) is 4.90 Å². The average molecular weight is 460 g/mol. The highest BCUT2D eigenvalue weighted by molar-refractivity contribution is 6.19. The third kappa shape index (κ3) is 3.17. The van der Waals surface area contributed by atoms with Gasteiger partial charge in [0.05, 0.1) is 11.4 Å². The van der Waals surface area contributed by atoms with E-state index in [9.17, 15) is 0 Å². The zero-order chi connectivity index (χ0) is 24.1. The number of para-hydroxylation sites is 1. The van der Waals surface area contributed by atoms with Gasteiger partial charge < -0.3 is 4.90 Å². The Hall–Kier alpha value is -4.62. The predicted octanol–water partition coefficient (Wildman–Crippen LogP) is 10.1. The quantitative estimate of drug-likeness (QED) is 0.238. The van der Waals surface area contributed by atoms with Crippen LogP contribution in [0.4, 0.5) is 17.1 Å². The Balaban J connectivity index is 1.66. The summed E-state index contributed by atoms with van der Waals surface area (Å²) >= 11 is 0. The lowest BCUT2D eigenvalue weighted by Gasteiger charge is -2.30. The lowest BCUT2D eigenvalue weighted by atomic mass is 9.96. The molecule has 0 fully saturated rings. The Morgan fingerprint density at radius 3 is 1.33 bits per heavy atom. The topological polar surface area (TPSA) is 3.24 Å². The van der Waals surface area contributed by atoms with Crippen molar-refractivity contribution in [3.63, 3.8) is 0 Å². The molecule has 0 saturated heterocycles. The molecule has 1 nitrogen and oxygen atoms in total. The summed E-state index contributed by atoms with van der Waals surface area (Å²) in [6.07, 6.45) is 0. The molecule has 0 aromatic heterocycles. The Labute approximate surface area is 210 Å². The third-order valence-corrected chi connectivity index (χ3v) is 7.33. The molecule has 0 atom stereocenters. The molecule has 0 unspecified atom stereocenters. The summed E-state index contributed by atoms with van der Waals surface area (Å²) in [6, 6.07) is 48.4. The summed E-state index contributed by atoms with van der Waals surface area (Å²) in [6.45, 7) is 2.20. The van der Waals surface area contributed by atoms with Gasteiger partial charge in [0.25, 0.3) is 0 Å². The van der Waals surface area contributed by atoms with Crippen molar-refractivity contribution in [2.45, 2.75) is 6.92 Å². The summed E-state index contributed by atoms with van der Waals surface area (Å²) in [5, 5.41) is 10.1. The van der Waals surface area contributed by atoms with Crippen LogP contribution >= 0.6 is 0 Å². The van der Waals surface area contributed by atoms with E-state index in [1.165, 1.54) is 65.7 Å². The molecule has 0 bridgehead atoms. The molecule has 0 N–H and O–H groups in total.